The lowest BCUT2D eigenvalue weighted by molar-refractivity contribution is -0.142. The third-order valence-corrected chi connectivity index (χ3v) is 14.6. The molecule has 9 atom stereocenters. The van der Waals surface area contributed by atoms with Crippen molar-refractivity contribution in [2.75, 3.05) is 20.7 Å². The van der Waals surface area contributed by atoms with E-state index in [9.17, 15) is 48.6 Å². The number of likely N-dealkylation sites (N-methyl/N-ethyl adjacent to an activating group) is 1. The number of aliphatic carboxylic acids is 3. The molecule has 4 amide bonds. The van der Waals surface area contributed by atoms with Gasteiger partial charge in [0.05, 0.1) is 13.2 Å². The van der Waals surface area contributed by atoms with Gasteiger partial charge in [0.1, 0.15) is 24.2 Å². The molecule has 19 nitrogen and oxygen atoms in total. The first kappa shape index (κ1) is 54.1. The summed E-state index contributed by atoms with van der Waals surface area (Å²) in [6.45, 7) is 1.05. The summed E-state index contributed by atoms with van der Waals surface area (Å²) in [7, 11) is 3.91. The predicted octanol–water partition coefficient (Wildman–Crippen LogP) is 2.73. The number of methoxy groups -OCH3 is 1. The van der Waals surface area contributed by atoms with Crippen LogP contribution in [0.15, 0.2) is 103 Å². The van der Waals surface area contributed by atoms with Gasteiger partial charge in [0, 0.05) is 55.5 Å². The zero-order chi connectivity index (χ0) is 53.1. The lowest BCUT2D eigenvalue weighted by Crippen LogP contribution is -2.65. The zero-order valence-corrected chi connectivity index (χ0v) is 41.4. The van der Waals surface area contributed by atoms with Crippen molar-refractivity contribution < 1.29 is 63.1 Å². The summed E-state index contributed by atoms with van der Waals surface area (Å²) in [4.78, 5) is 104. The van der Waals surface area contributed by atoms with Crippen LogP contribution >= 0.6 is 0 Å². The molecule has 1 spiro atoms. The Kier molecular flexibility index (Phi) is 17.8. The van der Waals surface area contributed by atoms with Crippen molar-refractivity contribution in [3.8, 4) is 11.5 Å². The molecule has 2 heterocycles. The number of likely N-dealkylation sites (tertiary alicyclic amines) is 1. The number of amides is 4. The number of carboxylic acid groups (broad SMARTS) is 3. The van der Waals surface area contributed by atoms with Gasteiger partial charge in [0.2, 0.25) is 23.6 Å². The van der Waals surface area contributed by atoms with Gasteiger partial charge in [-0.15, -0.1) is 0 Å². The van der Waals surface area contributed by atoms with Gasteiger partial charge in [-0.2, -0.15) is 0 Å². The monoisotopic (exact) mass is 1020 g/mol. The fourth-order valence-corrected chi connectivity index (χ4v) is 10.9. The number of nitrogens with two attached hydrogens (primary N) is 1. The van der Waals surface area contributed by atoms with E-state index in [0.29, 0.717) is 35.1 Å². The third-order valence-electron chi connectivity index (χ3n) is 14.6. The maximum atomic E-state index is 14.0. The van der Waals surface area contributed by atoms with E-state index in [1.165, 1.54) is 11.1 Å². The summed E-state index contributed by atoms with van der Waals surface area (Å²) in [5.74, 6) is -4.69. The number of nitrogens with zero attached hydrogens (tertiary/aromatic N) is 1. The molecule has 4 aromatic carbocycles. The number of carbonyl (C=O) groups is 8. The Morgan fingerprint density at radius 2 is 1.18 bits per heavy atom. The largest absolute Gasteiger partial charge is 0.493 e. The first-order valence-corrected chi connectivity index (χ1v) is 24.8. The van der Waals surface area contributed by atoms with Crippen LogP contribution < -0.4 is 36.5 Å². The summed E-state index contributed by atoms with van der Waals surface area (Å²) >= 11 is 0. The van der Waals surface area contributed by atoms with Crippen LogP contribution in [0.1, 0.15) is 72.8 Å². The molecule has 2 fully saturated rings. The van der Waals surface area contributed by atoms with Gasteiger partial charge < -0.3 is 56.7 Å². The molecule has 0 aromatic heterocycles. The van der Waals surface area contributed by atoms with E-state index >= 15 is 0 Å². The van der Waals surface area contributed by atoms with E-state index in [-0.39, 0.29) is 49.4 Å². The SMILES string of the molecule is COc1ccc2c3c1O[C@H]1C(=O)CC[C@H]4[C@@H](C2)N(C)CC[C@]314.N[C@@H](CCC(=O)O)C(=O)N[C@@H](CCC(=O)O)C(=O)N[C@@H](Cc1ccccc1)C(=O)N[C@@H](Cc1ccccc1)C(=O)N[C@@H](Cc1ccccc1)C(=O)O. The van der Waals surface area contributed by atoms with Crippen molar-refractivity contribution in [2.45, 2.75) is 118 Å². The Labute approximate surface area is 428 Å². The van der Waals surface area contributed by atoms with Crippen LogP contribution in [0.4, 0.5) is 0 Å². The highest BCUT2D eigenvalue weighted by molar-refractivity contribution is 5.96. The van der Waals surface area contributed by atoms with Crippen molar-refractivity contribution in [3.05, 3.63) is 131 Å². The van der Waals surface area contributed by atoms with E-state index in [1.54, 1.807) is 98.1 Å². The molecule has 19 heteroatoms. The summed E-state index contributed by atoms with van der Waals surface area (Å²) in [5, 5.41) is 38.2. The van der Waals surface area contributed by atoms with Gasteiger partial charge in [-0.1, -0.05) is 97.1 Å². The van der Waals surface area contributed by atoms with E-state index in [0.717, 1.165) is 37.3 Å². The van der Waals surface area contributed by atoms with Crippen LogP contribution in [-0.2, 0) is 69.5 Å². The second kappa shape index (κ2) is 24.4. The number of ketones is 1. The predicted molar refractivity (Wildman–Crippen MR) is 269 cm³/mol. The topological polar surface area (TPSA) is 293 Å². The van der Waals surface area contributed by atoms with Gasteiger partial charge in [0.25, 0.3) is 0 Å². The Bertz CT molecular complexity index is 2690. The van der Waals surface area contributed by atoms with E-state index in [4.69, 9.17) is 20.3 Å². The molecule has 9 N–H and O–H groups in total. The van der Waals surface area contributed by atoms with Crippen molar-refractivity contribution in [1.82, 2.24) is 26.2 Å². The minimum atomic E-state index is -1.47. The van der Waals surface area contributed by atoms with E-state index in [2.05, 4.69) is 39.3 Å². The van der Waals surface area contributed by atoms with Crippen LogP contribution in [0, 0.1) is 5.92 Å². The zero-order valence-electron chi connectivity index (χ0n) is 41.4. The van der Waals surface area contributed by atoms with Crippen molar-refractivity contribution in [2.24, 2.45) is 11.7 Å². The van der Waals surface area contributed by atoms with Crippen molar-refractivity contribution in [1.29, 1.82) is 0 Å². The quantitative estimate of drug-likeness (QED) is 0.0562. The number of carbonyl (C=O) groups excluding carboxylic acids is 5. The van der Waals surface area contributed by atoms with Gasteiger partial charge in [-0.25, -0.2) is 4.79 Å². The van der Waals surface area contributed by atoms with Crippen LogP contribution in [0.2, 0.25) is 0 Å². The molecule has 1 saturated heterocycles. The Balaban J connectivity index is 0.000000295. The number of carboxylic acids is 3. The number of rotatable bonds is 22. The van der Waals surface area contributed by atoms with Gasteiger partial charge in [-0.05, 0) is 79.9 Å². The third kappa shape index (κ3) is 12.7. The molecule has 1 saturated carbocycles. The standard InChI is InChI=1S/C37H43N5O10.C18H21NO3/c38-26(16-18-31(43)44)33(47)39-27(17-19-32(45)46)34(48)40-28(20-23-10-4-1-5-11-23)35(49)41-29(21-24-12-6-2-7-13-24)36(50)42-30(37(51)52)22-25-14-8-3-9-15-25;1-19-8-7-18-11-4-5-13(20)17(18)22-16-14(21-2)6-3-10(15(16)18)9-12(11)19/h1-15,26-30H,16-22,38H2,(H,39,47)(H,40,48)(H,41,49)(H,42,50)(H,43,44)(H,45,46)(H,51,52);3,6,11-12,17H,4-5,7-9H2,1-2H3/t26-,27-,28-,29-,30-;11-,12+,17-,18-/m00/s1. The summed E-state index contributed by atoms with van der Waals surface area (Å²) in [6.07, 6.45) is 1.75. The normalized spacial score (nSPS) is 21.0. The molecule has 4 aromatic rings. The van der Waals surface area contributed by atoms with Crippen LogP contribution in [0.25, 0.3) is 0 Å². The number of ether oxygens (including phenoxy) is 2. The molecule has 8 rings (SSSR count). The molecular weight excluding hydrogens is 953 g/mol. The number of hydrogen-bond acceptors (Lipinski definition) is 12. The highest BCUT2D eigenvalue weighted by Gasteiger charge is 2.65. The second-order valence-electron chi connectivity index (χ2n) is 19.4. The van der Waals surface area contributed by atoms with E-state index in [1.807, 2.05) is 6.07 Å². The number of Topliss-reactive ketones (excluding diaryl/α,β-unsaturated/α-hetero) is 1. The molecule has 0 radical (unpaired) electrons. The van der Waals surface area contributed by atoms with Gasteiger partial charge in [0.15, 0.2) is 23.4 Å². The highest BCUT2D eigenvalue weighted by atomic mass is 16.5. The molecule has 2 aliphatic heterocycles. The lowest BCUT2D eigenvalue weighted by Gasteiger charge is -2.57. The Morgan fingerprint density at radius 3 is 1.69 bits per heavy atom. The van der Waals surface area contributed by atoms with E-state index < -0.39 is 84.6 Å². The van der Waals surface area contributed by atoms with Crippen molar-refractivity contribution in [3.63, 3.8) is 0 Å². The second-order valence-corrected chi connectivity index (χ2v) is 19.4. The molecular formula is C55H64N6O13. The van der Waals surface area contributed by atoms with Crippen molar-refractivity contribution >= 4 is 47.3 Å². The molecule has 2 bridgehead atoms. The minimum absolute atomic E-state index is 0.0238. The summed E-state index contributed by atoms with van der Waals surface area (Å²) < 4.78 is 11.8. The van der Waals surface area contributed by atoms with Gasteiger partial charge in [-0.3, -0.25) is 33.6 Å². The molecule has 0 unspecified atom stereocenters. The lowest BCUT2D eigenvalue weighted by atomic mass is 9.52. The molecule has 4 aliphatic rings. The molecule has 74 heavy (non-hydrogen) atoms. The maximum Gasteiger partial charge on any atom is 0.326 e. The molecule has 2 aliphatic carbocycles. The average molecular weight is 1020 g/mol. The van der Waals surface area contributed by atoms with Crippen LogP contribution in [0.5, 0.6) is 11.5 Å². The first-order chi connectivity index (χ1) is 35.5. The average Bonchev–Trinajstić information content (AvgIpc) is 3.75. The summed E-state index contributed by atoms with van der Waals surface area (Å²) in [5.41, 5.74) is 10.3. The smallest absolute Gasteiger partial charge is 0.326 e. The number of benzene rings is 4. The Morgan fingerprint density at radius 1 is 0.689 bits per heavy atom. The number of piperidine rings is 1. The number of nitrogens with one attached hydrogen (secondary N) is 4. The first-order valence-electron chi connectivity index (χ1n) is 24.8. The maximum absolute atomic E-state index is 14.0. The highest BCUT2D eigenvalue weighted by Crippen LogP contribution is 2.63. The van der Waals surface area contributed by atoms with Crippen LogP contribution in [-0.4, -0.2) is 131 Å². The van der Waals surface area contributed by atoms with Crippen LogP contribution in [0.3, 0.4) is 0 Å². The fraction of sp³-hybridized carbons (Fsp3) is 0.418. The number of hydrogen-bond donors (Lipinski definition) is 8. The molecule has 392 valence electrons. The van der Waals surface area contributed by atoms with Gasteiger partial charge >= 0.3 is 17.9 Å². The fourth-order valence-electron chi connectivity index (χ4n) is 10.9. The Hall–Kier alpha value is -7.64. The summed E-state index contributed by atoms with van der Waals surface area (Å²) in [6, 6.07) is 23.9. The minimum Gasteiger partial charge on any atom is -0.493 e.